The average Bonchev–Trinajstić information content (AvgIpc) is 2.41. The first-order valence-electron chi connectivity index (χ1n) is 5.52. The molecule has 1 aliphatic heterocycles. The Balaban J connectivity index is 2.47. The zero-order valence-electron chi connectivity index (χ0n) is 10.6. The fourth-order valence-corrected chi connectivity index (χ4v) is 1.67. The Morgan fingerprint density at radius 1 is 1.35 bits per heavy atom. The zero-order chi connectivity index (χ0) is 13.2. The molecule has 0 aliphatic carbocycles. The molecule has 1 saturated heterocycles. The highest BCUT2D eigenvalue weighted by atomic mass is 16.7. The van der Waals surface area contributed by atoms with Crippen molar-refractivity contribution in [2.45, 2.75) is 44.9 Å². The Bertz CT molecular complexity index is 309. The monoisotopic (exact) mass is 245 g/mol. The molecule has 17 heavy (non-hydrogen) atoms. The molecule has 0 saturated carbocycles. The van der Waals surface area contributed by atoms with Crippen molar-refractivity contribution in [3.63, 3.8) is 0 Å². The summed E-state index contributed by atoms with van der Waals surface area (Å²) < 4.78 is 9.44. The third-order valence-electron chi connectivity index (χ3n) is 2.37. The van der Waals surface area contributed by atoms with Gasteiger partial charge >= 0.3 is 12.1 Å². The molecule has 6 heteroatoms. The van der Waals surface area contributed by atoms with Crippen molar-refractivity contribution in [2.75, 3.05) is 13.6 Å². The van der Waals surface area contributed by atoms with Gasteiger partial charge in [-0.05, 0) is 27.8 Å². The molecule has 0 aromatic rings. The van der Waals surface area contributed by atoms with Gasteiger partial charge in [-0.2, -0.15) is 0 Å². The first-order chi connectivity index (χ1) is 7.69. The number of carbonyl (C=O) groups is 2. The Hall–Kier alpha value is -1.14. The molecule has 0 radical (unpaired) electrons. The smallest absolute Gasteiger partial charge is 0.428 e. The lowest BCUT2D eigenvalue weighted by Crippen LogP contribution is -2.36. The van der Waals surface area contributed by atoms with Gasteiger partial charge in [0.05, 0.1) is 6.10 Å². The highest BCUT2D eigenvalue weighted by molar-refractivity contribution is 5.85. The predicted octanol–water partition coefficient (Wildman–Crippen LogP) is 0.530. The van der Waals surface area contributed by atoms with Crippen LogP contribution in [0.25, 0.3) is 0 Å². The molecule has 0 aromatic carbocycles. The van der Waals surface area contributed by atoms with E-state index >= 15 is 0 Å². The van der Waals surface area contributed by atoms with E-state index in [1.54, 1.807) is 32.7 Å². The van der Waals surface area contributed by atoms with E-state index in [0.717, 1.165) is 0 Å². The molecule has 2 unspecified atom stereocenters. The maximum Gasteiger partial charge on any atom is 0.516 e. The van der Waals surface area contributed by atoms with Gasteiger partial charge in [-0.1, -0.05) is 0 Å². The van der Waals surface area contributed by atoms with Gasteiger partial charge in [0, 0.05) is 13.0 Å². The highest BCUT2D eigenvalue weighted by Gasteiger charge is 2.36. The number of hydrogen-bond donors (Lipinski definition) is 1. The van der Waals surface area contributed by atoms with Crippen LogP contribution in [0.4, 0.5) is 4.79 Å². The summed E-state index contributed by atoms with van der Waals surface area (Å²) in [6.45, 7) is 5.45. The number of aliphatic hydroxyl groups excluding tert-OH is 1. The summed E-state index contributed by atoms with van der Waals surface area (Å²) in [5.41, 5.74) is -0.696. The number of β-amino-alcohol motifs (C(OH)–C–C–N with tert-alkyl or cyclic N) is 1. The van der Waals surface area contributed by atoms with Crippen molar-refractivity contribution in [1.29, 1.82) is 0 Å². The van der Waals surface area contributed by atoms with Gasteiger partial charge < -0.3 is 14.6 Å². The van der Waals surface area contributed by atoms with Crippen LogP contribution in [0.15, 0.2) is 0 Å². The summed E-state index contributed by atoms with van der Waals surface area (Å²) in [4.78, 5) is 24.5. The summed E-state index contributed by atoms with van der Waals surface area (Å²) in [6, 6.07) is -0.586. The second kappa shape index (κ2) is 5.01. The van der Waals surface area contributed by atoms with Gasteiger partial charge in [-0.3, -0.25) is 4.90 Å². The van der Waals surface area contributed by atoms with Crippen LogP contribution in [-0.2, 0) is 14.3 Å². The van der Waals surface area contributed by atoms with Crippen LogP contribution in [0.3, 0.4) is 0 Å². The minimum atomic E-state index is -1.00. The fraction of sp³-hybridized carbons (Fsp3) is 0.818. The Morgan fingerprint density at radius 3 is 2.35 bits per heavy atom. The molecule has 1 fully saturated rings. The fourth-order valence-electron chi connectivity index (χ4n) is 1.67. The first kappa shape index (κ1) is 13.9. The number of esters is 1. The summed E-state index contributed by atoms with van der Waals surface area (Å²) in [5.74, 6) is -0.682. The SMILES string of the molecule is CN1CC(O)CC1C(=O)OC(=O)OC(C)(C)C. The number of likely N-dealkylation sites (N-methyl/N-ethyl adjacent to an activating group) is 1. The van der Waals surface area contributed by atoms with E-state index in [0.29, 0.717) is 6.54 Å². The number of rotatable bonds is 1. The largest absolute Gasteiger partial charge is 0.516 e. The van der Waals surface area contributed by atoms with Crippen LogP contribution in [-0.4, -0.2) is 53.5 Å². The Labute approximate surface area is 100 Å². The number of ether oxygens (including phenoxy) is 2. The molecular formula is C11H19NO5. The summed E-state index contributed by atoms with van der Waals surface area (Å²) in [6.07, 6.45) is -1.29. The molecule has 0 spiro atoms. The molecule has 1 heterocycles. The standard InChI is InChI=1S/C11H19NO5/c1-11(2,3)17-10(15)16-9(14)8-5-7(13)6-12(8)4/h7-8,13H,5-6H2,1-4H3. The number of nitrogens with zero attached hydrogens (tertiary/aromatic N) is 1. The lowest BCUT2D eigenvalue weighted by molar-refractivity contribution is -0.146. The summed E-state index contributed by atoms with van der Waals surface area (Å²) >= 11 is 0. The Kier molecular flexibility index (Phi) is 4.11. The van der Waals surface area contributed by atoms with Gasteiger partial charge in [0.25, 0.3) is 0 Å². The Morgan fingerprint density at radius 2 is 1.94 bits per heavy atom. The van der Waals surface area contributed by atoms with Gasteiger partial charge in [-0.25, -0.2) is 9.59 Å². The molecule has 0 amide bonds. The third-order valence-corrected chi connectivity index (χ3v) is 2.37. The van der Waals surface area contributed by atoms with E-state index in [2.05, 4.69) is 4.74 Å². The molecule has 6 nitrogen and oxygen atoms in total. The molecule has 98 valence electrons. The van der Waals surface area contributed by atoms with Crippen LogP contribution >= 0.6 is 0 Å². The van der Waals surface area contributed by atoms with Crippen LogP contribution in [0.1, 0.15) is 27.2 Å². The van der Waals surface area contributed by atoms with Crippen molar-refractivity contribution < 1.29 is 24.2 Å². The second-order valence-electron chi connectivity index (χ2n) is 5.23. The molecular weight excluding hydrogens is 226 g/mol. The highest BCUT2D eigenvalue weighted by Crippen LogP contribution is 2.17. The normalized spacial score (nSPS) is 25.7. The van der Waals surface area contributed by atoms with E-state index in [1.807, 2.05) is 0 Å². The topological polar surface area (TPSA) is 76.1 Å². The summed E-state index contributed by atoms with van der Waals surface area (Å²) in [7, 11) is 1.69. The molecule has 0 aromatic heterocycles. The summed E-state index contributed by atoms with van der Waals surface area (Å²) in [5, 5.41) is 9.37. The minimum absolute atomic E-state index is 0.276. The molecule has 1 N–H and O–H groups in total. The van der Waals surface area contributed by atoms with Crippen molar-refractivity contribution in [2.24, 2.45) is 0 Å². The van der Waals surface area contributed by atoms with Gasteiger partial charge in [0.1, 0.15) is 11.6 Å². The quantitative estimate of drug-likeness (QED) is 0.536. The van der Waals surface area contributed by atoms with E-state index < -0.39 is 29.9 Å². The molecule has 1 rings (SSSR count). The van der Waals surface area contributed by atoms with Gasteiger partial charge in [0.2, 0.25) is 0 Å². The van der Waals surface area contributed by atoms with Crippen molar-refractivity contribution in [3.05, 3.63) is 0 Å². The second-order valence-corrected chi connectivity index (χ2v) is 5.23. The van der Waals surface area contributed by atoms with Crippen LogP contribution in [0, 0.1) is 0 Å². The number of aliphatic hydroxyl groups is 1. The van der Waals surface area contributed by atoms with E-state index in [1.165, 1.54) is 0 Å². The van der Waals surface area contributed by atoms with E-state index in [4.69, 9.17) is 4.74 Å². The number of likely N-dealkylation sites (tertiary alicyclic amines) is 1. The van der Waals surface area contributed by atoms with Crippen molar-refractivity contribution in [1.82, 2.24) is 4.90 Å². The van der Waals surface area contributed by atoms with Crippen molar-refractivity contribution in [3.8, 4) is 0 Å². The first-order valence-corrected chi connectivity index (χ1v) is 5.52. The van der Waals surface area contributed by atoms with Crippen molar-refractivity contribution >= 4 is 12.1 Å². The van der Waals surface area contributed by atoms with Gasteiger partial charge in [-0.15, -0.1) is 0 Å². The van der Waals surface area contributed by atoms with Crippen LogP contribution in [0.2, 0.25) is 0 Å². The third kappa shape index (κ3) is 4.32. The maximum atomic E-state index is 11.6. The zero-order valence-corrected chi connectivity index (χ0v) is 10.6. The minimum Gasteiger partial charge on any atom is -0.428 e. The predicted molar refractivity (Wildman–Crippen MR) is 59.4 cm³/mol. The average molecular weight is 245 g/mol. The molecule has 2 atom stereocenters. The van der Waals surface area contributed by atoms with Crippen LogP contribution < -0.4 is 0 Å². The van der Waals surface area contributed by atoms with E-state index in [9.17, 15) is 14.7 Å². The number of carbonyl (C=O) groups excluding carboxylic acids is 2. The van der Waals surface area contributed by atoms with Crippen LogP contribution in [0.5, 0.6) is 0 Å². The lowest BCUT2D eigenvalue weighted by Gasteiger charge is -2.20. The maximum absolute atomic E-state index is 11.6. The number of hydrogen-bond acceptors (Lipinski definition) is 6. The lowest BCUT2D eigenvalue weighted by atomic mass is 10.2. The molecule has 0 bridgehead atoms. The molecule has 1 aliphatic rings. The van der Waals surface area contributed by atoms with E-state index in [-0.39, 0.29) is 6.42 Å². The van der Waals surface area contributed by atoms with Gasteiger partial charge in [0.15, 0.2) is 0 Å².